The molecule has 2 aromatic rings. The first-order valence-electron chi connectivity index (χ1n) is 6.64. The number of nitrogens with one attached hydrogen (secondary N) is 1. The molecule has 1 unspecified atom stereocenters. The largest absolute Gasteiger partial charge is 0.489 e. The van der Waals surface area contributed by atoms with Crippen LogP contribution in [0.1, 0.15) is 31.0 Å². The molecule has 0 aliphatic rings. The first kappa shape index (κ1) is 15.0. The highest BCUT2D eigenvalue weighted by atomic mass is 79.9. The van der Waals surface area contributed by atoms with Crippen LogP contribution in [0.3, 0.4) is 0 Å². The summed E-state index contributed by atoms with van der Waals surface area (Å²) in [5.74, 6) is 0.799. The number of hydrogen-bond donors (Lipinski definition) is 1. The Morgan fingerprint density at radius 2 is 1.95 bits per heavy atom. The van der Waals surface area contributed by atoms with Crippen molar-refractivity contribution < 1.29 is 4.74 Å². The van der Waals surface area contributed by atoms with Crippen LogP contribution in [0.2, 0.25) is 0 Å². The summed E-state index contributed by atoms with van der Waals surface area (Å²) >= 11 is 3.51. The van der Waals surface area contributed by atoms with Crippen molar-refractivity contribution in [3.8, 4) is 5.75 Å². The van der Waals surface area contributed by atoms with Crippen molar-refractivity contribution >= 4 is 15.9 Å². The average molecular weight is 335 g/mol. The smallest absolute Gasteiger partial charge is 0.138 e. The van der Waals surface area contributed by atoms with E-state index < -0.39 is 0 Å². The maximum Gasteiger partial charge on any atom is 0.138 e. The second-order valence-corrected chi connectivity index (χ2v) is 5.81. The molecular formula is C16H19BrN2O. The lowest BCUT2D eigenvalue weighted by Crippen LogP contribution is -2.18. The topological polar surface area (TPSA) is 34.2 Å². The van der Waals surface area contributed by atoms with Crippen LogP contribution in [-0.2, 0) is 0 Å². The quantitative estimate of drug-likeness (QED) is 0.899. The molecule has 0 saturated heterocycles. The SMILES string of the molecule is CNC(c1cccc(Br)c1)c1cncc(OC(C)C)c1. The van der Waals surface area contributed by atoms with E-state index >= 15 is 0 Å². The van der Waals surface area contributed by atoms with Gasteiger partial charge in [-0.1, -0.05) is 28.1 Å². The molecule has 0 bridgehead atoms. The van der Waals surface area contributed by atoms with Crippen LogP contribution in [0.15, 0.2) is 47.2 Å². The molecule has 0 aliphatic carbocycles. The zero-order chi connectivity index (χ0) is 14.5. The van der Waals surface area contributed by atoms with Gasteiger partial charge in [0.2, 0.25) is 0 Å². The van der Waals surface area contributed by atoms with Crippen LogP contribution < -0.4 is 10.1 Å². The van der Waals surface area contributed by atoms with Crippen LogP contribution in [0, 0.1) is 0 Å². The second-order valence-electron chi connectivity index (χ2n) is 4.90. The highest BCUT2D eigenvalue weighted by Gasteiger charge is 2.13. The summed E-state index contributed by atoms with van der Waals surface area (Å²) in [7, 11) is 1.95. The van der Waals surface area contributed by atoms with Gasteiger partial charge in [0.1, 0.15) is 5.75 Å². The fraction of sp³-hybridized carbons (Fsp3) is 0.312. The Kier molecular flexibility index (Phi) is 5.15. The number of hydrogen-bond acceptors (Lipinski definition) is 3. The van der Waals surface area contributed by atoms with Gasteiger partial charge < -0.3 is 10.1 Å². The molecule has 1 N–H and O–H groups in total. The van der Waals surface area contributed by atoms with Crippen LogP contribution in [0.25, 0.3) is 0 Å². The number of halogens is 1. The molecule has 20 heavy (non-hydrogen) atoms. The van der Waals surface area contributed by atoms with Crippen molar-refractivity contribution in [3.63, 3.8) is 0 Å². The summed E-state index contributed by atoms with van der Waals surface area (Å²) in [5.41, 5.74) is 2.27. The first-order chi connectivity index (χ1) is 9.60. The predicted octanol–water partition coefficient (Wildman–Crippen LogP) is 3.94. The second kappa shape index (κ2) is 6.86. The van der Waals surface area contributed by atoms with Crippen LogP contribution in [0.4, 0.5) is 0 Å². The summed E-state index contributed by atoms with van der Waals surface area (Å²) in [5, 5.41) is 3.33. The minimum atomic E-state index is 0.0933. The molecule has 1 aromatic heterocycles. The van der Waals surface area contributed by atoms with E-state index in [-0.39, 0.29) is 12.1 Å². The number of benzene rings is 1. The third kappa shape index (κ3) is 3.81. The molecule has 1 atom stereocenters. The van der Waals surface area contributed by atoms with E-state index in [1.54, 1.807) is 6.20 Å². The highest BCUT2D eigenvalue weighted by Crippen LogP contribution is 2.26. The third-order valence-corrected chi connectivity index (χ3v) is 3.40. The number of ether oxygens (including phenoxy) is 1. The normalized spacial score (nSPS) is 12.4. The standard InChI is InChI=1S/C16H19BrN2O/c1-11(2)20-15-8-13(9-19-10-15)16(18-3)12-5-4-6-14(17)7-12/h4-11,16,18H,1-3H3. The van der Waals surface area contributed by atoms with Crippen molar-refractivity contribution in [1.82, 2.24) is 10.3 Å². The maximum absolute atomic E-state index is 5.71. The van der Waals surface area contributed by atoms with Crippen molar-refractivity contribution in [3.05, 3.63) is 58.3 Å². The van der Waals surface area contributed by atoms with Crippen molar-refractivity contribution in [1.29, 1.82) is 0 Å². The monoisotopic (exact) mass is 334 g/mol. The number of rotatable bonds is 5. The fourth-order valence-corrected chi connectivity index (χ4v) is 2.56. The molecule has 0 amide bonds. The molecule has 0 saturated carbocycles. The number of pyridine rings is 1. The van der Waals surface area contributed by atoms with Gasteiger partial charge in [0.05, 0.1) is 18.3 Å². The fourth-order valence-electron chi connectivity index (χ4n) is 2.14. The molecule has 0 aliphatic heterocycles. The van der Waals surface area contributed by atoms with Crippen LogP contribution in [-0.4, -0.2) is 18.1 Å². The van der Waals surface area contributed by atoms with Gasteiger partial charge in [0.25, 0.3) is 0 Å². The van der Waals surface area contributed by atoms with Gasteiger partial charge >= 0.3 is 0 Å². The molecule has 1 heterocycles. The van der Waals surface area contributed by atoms with E-state index in [0.29, 0.717) is 0 Å². The molecular weight excluding hydrogens is 316 g/mol. The van der Waals surface area contributed by atoms with Gasteiger partial charge in [-0.05, 0) is 50.2 Å². The molecule has 2 rings (SSSR count). The molecule has 3 nitrogen and oxygen atoms in total. The van der Waals surface area contributed by atoms with E-state index in [4.69, 9.17) is 4.74 Å². The summed E-state index contributed by atoms with van der Waals surface area (Å²) in [4.78, 5) is 4.28. The van der Waals surface area contributed by atoms with Gasteiger partial charge in [0.15, 0.2) is 0 Å². The Hall–Kier alpha value is -1.39. The summed E-state index contributed by atoms with van der Waals surface area (Å²) in [6.07, 6.45) is 3.76. The number of nitrogens with zero attached hydrogens (tertiary/aromatic N) is 1. The molecule has 0 fully saturated rings. The van der Waals surface area contributed by atoms with Gasteiger partial charge in [-0.15, -0.1) is 0 Å². The Morgan fingerprint density at radius 1 is 1.15 bits per heavy atom. The first-order valence-corrected chi connectivity index (χ1v) is 7.43. The Morgan fingerprint density at radius 3 is 2.60 bits per heavy atom. The zero-order valence-electron chi connectivity index (χ0n) is 11.9. The van der Waals surface area contributed by atoms with E-state index in [1.807, 2.05) is 45.3 Å². The highest BCUT2D eigenvalue weighted by molar-refractivity contribution is 9.10. The van der Waals surface area contributed by atoms with Crippen molar-refractivity contribution in [2.24, 2.45) is 0 Å². The lowest BCUT2D eigenvalue weighted by Gasteiger charge is -2.18. The van der Waals surface area contributed by atoms with Gasteiger partial charge in [-0.3, -0.25) is 4.98 Å². The zero-order valence-corrected chi connectivity index (χ0v) is 13.5. The predicted molar refractivity (Wildman–Crippen MR) is 85.0 cm³/mol. The average Bonchev–Trinajstić information content (AvgIpc) is 2.39. The molecule has 0 spiro atoms. The molecule has 1 aromatic carbocycles. The number of aromatic nitrogens is 1. The lowest BCUT2D eigenvalue weighted by molar-refractivity contribution is 0.241. The molecule has 0 radical (unpaired) electrons. The van der Waals surface area contributed by atoms with Gasteiger partial charge in [-0.25, -0.2) is 0 Å². The Bertz CT molecular complexity index is 572. The minimum absolute atomic E-state index is 0.0933. The summed E-state index contributed by atoms with van der Waals surface area (Å²) in [6.45, 7) is 4.02. The van der Waals surface area contributed by atoms with Crippen molar-refractivity contribution in [2.45, 2.75) is 26.0 Å². The minimum Gasteiger partial charge on any atom is -0.489 e. The lowest BCUT2D eigenvalue weighted by atomic mass is 10.0. The van der Waals surface area contributed by atoms with E-state index in [9.17, 15) is 0 Å². The van der Waals surface area contributed by atoms with Crippen LogP contribution >= 0.6 is 15.9 Å². The molecule has 4 heteroatoms. The van der Waals surface area contributed by atoms with E-state index in [1.165, 1.54) is 5.56 Å². The summed E-state index contributed by atoms with van der Waals surface area (Å²) < 4.78 is 6.78. The van der Waals surface area contributed by atoms with E-state index in [0.717, 1.165) is 15.8 Å². The van der Waals surface area contributed by atoms with Crippen molar-refractivity contribution in [2.75, 3.05) is 7.05 Å². The maximum atomic E-state index is 5.71. The van der Waals surface area contributed by atoms with E-state index in [2.05, 4.69) is 38.4 Å². The van der Waals surface area contributed by atoms with Crippen LogP contribution in [0.5, 0.6) is 5.75 Å². The van der Waals surface area contributed by atoms with Gasteiger partial charge in [0, 0.05) is 10.7 Å². The Labute approximate surface area is 128 Å². The Balaban J connectivity index is 2.32. The summed E-state index contributed by atoms with van der Waals surface area (Å²) in [6, 6.07) is 10.4. The third-order valence-electron chi connectivity index (χ3n) is 2.91. The van der Waals surface area contributed by atoms with Gasteiger partial charge in [-0.2, -0.15) is 0 Å². The molecule has 106 valence electrons.